The molecule has 4 rings (SSSR count). The minimum atomic E-state index is -0.323. The SMILES string of the molecule is Cc1nccn1CCCN1CC[C@@]2(CC(=O)c3ccccc3O2)C1. The fourth-order valence-corrected chi connectivity index (χ4v) is 3.89. The molecule has 2 aliphatic rings. The molecule has 0 saturated carbocycles. The smallest absolute Gasteiger partial charge is 0.170 e. The van der Waals surface area contributed by atoms with E-state index in [1.165, 1.54) is 0 Å². The summed E-state index contributed by atoms with van der Waals surface area (Å²) in [6, 6.07) is 7.62. The van der Waals surface area contributed by atoms with Gasteiger partial charge < -0.3 is 9.30 Å². The van der Waals surface area contributed by atoms with Gasteiger partial charge in [-0.1, -0.05) is 12.1 Å². The first-order chi connectivity index (χ1) is 11.7. The summed E-state index contributed by atoms with van der Waals surface area (Å²) in [5.41, 5.74) is 0.410. The van der Waals surface area contributed by atoms with Crippen molar-refractivity contribution in [3.8, 4) is 5.75 Å². The molecule has 0 radical (unpaired) electrons. The molecule has 1 fully saturated rings. The number of likely N-dealkylation sites (tertiary alicyclic amines) is 1. The highest BCUT2D eigenvalue weighted by atomic mass is 16.5. The average Bonchev–Trinajstić information content (AvgIpc) is 3.15. The summed E-state index contributed by atoms with van der Waals surface area (Å²) >= 11 is 0. The third-order valence-electron chi connectivity index (χ3n) is 5.19. The van der Waals surface area contributed by atoms with Crippen molar-refractivity contribution in [1.82, 2.24) is 14.5 Å². The maximum absolute atomic E-state index is 12.5. The van der Waals surface area contributed by atoms with Crippen molar-refractivity contribution in [2.45, 2.75) is 38.3 Å². The van der Waals surface area contributed by atoms with Gasteiger partial charge in [-0.3, -0.25) is 9.69 Å². The first-order valence-corrected chi connectivity index (χ1v) is 8.67. The number of para-hydroxylation sites is 1. The molecular weight excluding hydrogens is 302 g/mol. The Morgan fingerprint density at radius 3 is 3.00 bits per heavy atom. The van der Waals surface area contributed by atoms with Gasteiger partial charge in [0.05, 0.1) is 12.0 Å². The number of hydrogen-bond acceptors (Lipinski definition) is 4. The highest BCUT2D eigenvalue weighted by molar-refractivity contribution is 6.00. The Balaban J connectivity index is 1.36. The number of aromatic nitrogens is 2. The first-order valence-electron chi connectivity index (χ1n) is 8.67. The lowest BCUT2D eigenvalue weighted by Crippen LogP contribution is -2.44. The largest absolute Gasteiger partial charge is 0.485 e. The Morgan fingerprint density at radius 2 is 2.17 bits per heavy atom. The molecule has 0 bridgehead atoms. The van der Waals surface area contributed by atoms with Crippen molar-refractivity contribution < 1.29 is 9.53 Å². The standard InChI is InChI=1S/C19H23N3O2/c1-15-20-8-12-22(15)10-4-9-21-11-7-19(14-21)13-17(23)16-5-2-3-6-18(16)24-19/h2-3,5-6,8,12H,4,7,9-11,13-14H2,1H3/t19-/m1/s1. The number of hydrogen-bond donors (Lipinski definition) is 0. The molecule has 1 aromatic heterocycles. The van der Waals surface area contributed by atoms with Crippen LogP contribution in [0.2, 0.25) is 0 Å². The first kappa shape index (κ1) is 15.4. The van der Waals surface area contributed by atoms with Crippen LogP contribution in [0.4, 0.5) is 0 Å². The second kappa shape index (κ2) is 6.06. The lowest BCUT2D eigenvalue weighted by molar-refractivity contribution is 0.0459. The van der Waals surface area contributed by atoms with Crippen LogP contribution in [0.3, 0.4) is 0 Å². The number of benzene rings is 1. The maximum atomic E-state index is 12.5. The van der Waals surface area contributed by atoms with Gasteiger partial charge in [-0.25, -0.2) is 4.98 Å². The van der Waals surface area contributed by atoms with Gasteiger partial charge in [-0.15, -0.1) is 0 Å². The van der Waals surface area contributed by atoms with Crippen LogP contribution in [0.15, 0.2) is 36.7 Å². The summed E-state index contributed by atoms with van der Waals surface area (Å²) in [7, 11) is 0. The van der Waals surface area contributed by atoms with Crippen molar-refractivity contribution in [3.63, 3.8) is 0 Å². The lowest BCUT2D eigenvalue weighted by Gasteiger charge is -2.34. The minimum absolute atomic E-state index is 0.216. The second-order valence-electron chi connectivity index (χ2n) is 6.93. The molecule has 0 N–H and O–H groups in total. The summed E-state index contributed by atoms with van der Waals surface area (Å²) < 4.78 is 8.46. The van der Waals surface area contributed by atoms with E-state index in [0.717, 1.165) is 56.2 Å². The second-order valence-corrected chi connectivity index (χ2v) is 6.93. The van der Waals surface area contributed by atoms with E-state index >= 15 is 0 Å². The molecule has 5 heteroatoms. The number of nitrogens with zero attached hydrogens (tertiary/aromatic N) is 3. The van der Waals surface area contributed by atoms with Gasteiger partial charge in [0.1, 0.15) is 17.2 Å². The summed E-state index contributed by atoms with van der Waals surface area (Å²) in [5, 5.41) is 0. The van der Waals surface area contributed by atoms with Gasteiger partial charge in [0.25, 0.3) is 0 Å². The molecule has 0 amide bonds. The molecule has 1 atom stereocenters. The fourth-order valence-electron chi connectivity index (χ4n) is 3.89. The molecular formula is C19H23N3O2. The van der Waals surface area contributed by atoms with E-state index in [9.17, 15) is 4.79 Å². The van der Waals surface area contributed by atoms with E-state index in [4.69, 9.17) is 4.74 Å². The number of carbonyl (C=O) groups excluding carboxylic acids is 1. The molecule has 1 saturated heterocycles. The molecule has 3 heterocycles. The molecule has 24 heavy (non-hydrogen) atoms. The van der Waals surface area contributed by atoms with E-state index < -0.39 is 0 Å². The van der Waals surface area contributed by atoms with E-state index in [1.807, 2.05) is 43.6 Å². The van der Waals surface area contributed by atoms with Gasteiger partial charge in [0.2, 0.25) is 0 Å². The van der Waals surface area contributed by atoms with Crippen LogP contribution in [0.5, 0.6) is 5.75 Å². The van der Waals surface area contributed by atoms with Crippen LogP contribution in [0, 0.1) is 6.92 Å². The Kier molecular flexibility index (Phi) is 3.88. The normalized spacial score (nSPS) is 23.5. The Bertz CT molecular complexity index is 755. The highest BCUT2D eigenvalue weighted by Crippen LogP contribution is 2.38. The molecule has 0 aliphatic carbocycles. The van der Waals surface area contributed by atoms with Crippen LogP contribution in [-0.4, -0.2) is 45.5 Å². The molecule has 5 nitrogen and oxygen atoms in total. The summed E-state index contributed by atoms with van der Waals surface area (Å²) in [6.45, 7) is 5.88. The van der Waals surface area contributed by atoms with Gasteiger partial charge in [-0.05, 0) is 32.0 Å². The number of fused-ring (bicyclic) bond motifs is 1. The number of aryl methyl sites for hydroxylation is 2. The van der Waals surface area contributed by atoms with Crippen LogP contribution in [0.1, 0.15) is 35.4 Å². The van der Waals surface area contributed by atoms with Crippen molar-refractivity contribution in [2.75, 3.05) is 19.6 Å². The zero-order valence-electron chi connectivity index (χ0n) is 14.1. The van der Waals surface area contributed by atoms with Gasteiger partial charge in [0.15, 0.2) is 5.78 Å². The van der Waals surface area contributed by atoms with E-state index in [0.29, 0.717) is 6.42 Å². The van der Waals surface area contributed by atoms with E-state index in [2.05, 4.69) is 14.5 Å². The Hall–Kier alpha value is -2.14. The molecule has 126 valence electrons. The minimum Gasteiger partial charge on any atom is -0.485 e. The number of rotatable bonds is 4. The van der Waals surface area contributed by atoms with Gasteiger partial charge in [-0.2, -0.15) is 0 Å². The van der Waals surface area contributed by atoms with Crippen molar-refractivity contribution in [1.29, 1.82) is 0 Å². The third-order valence-corrected chi connectivity index (χ3v) is 5.19. The molecule has 1 spiro atoms. The third kappa shape index (κ3) is 2.84. The van der Waals surface area contributed by atoms with E-state index in [1.54, 1.807) is 0 Å². The van der Waals surface area contributed by atoms with E-state index in [-0.39, 0.29) is 11.4 Å². The highest BCUT2D eigenvalue weighted by Gasteiger charge is 2.45. The Morgan fingerprint density at radius 1 is 1.29 bits per heavy atom. The quantitative estimate of drug-likeness (QED) is 0.867. The van der Waals surface area contributed by atoms with Crippen LogP contribution in [-0.2, 0) is 6.54 Å². The summed E-state index contributed by atoms with van der Waals surface area (Å²) in [4.78, 5) is 19.1. The zero-order valence-corrected chi connectivity index (χ0v) is 14.1. The van der Waals surface area contributed by atoms with Crippen molar-refractivity contribution >= 4 is 5.78 Å². The zero-order chi connectivity index (χ0) is 16.6. The maximum Gasteiger partial charge on any atom is 0.170 e. The predicted molar refractivity (Wildman–Crippen MR) is 91.4 cm³/mol. The summed E-state index contributed by atoms with van der Waals surface area (Å²) in [6.07, 6.45) is 6.38. The monoisotopic (exact) mass is 325 g/mol. The number of ether oxygens (including phenoxy) is 1. The van der Waals surface area contributed by atoms with Crippen LogP contribution in [0.25, 0.3) is 0 Å². The Labute approximate surface area is 142 Å². The van der Waals surface area contributed by atoms with Gasteiger partial charge in [0, 0.05) is 38.4 Å². The number of imidazole rings is 1. The number of ketones is 1. The molecule has 2 aromatic rings. The van der Waals surface area contributed by atoms with Crippen molar-refractivity contribution in [3.05, 3.63) is 48.0 Å². The molecule has 1 aromatic carbocycles. The van der Waals surface area contributed by atoms with Crippen molar-refractivity contribution in [2.24, 2.45) is 0 Å². The van der Waals surface area contributed by atoms with Crippen LogP contribution >= 0.6 is 0 Å². The summed E-state index contributed by atoms with van der Waals surface area (Å²) in [5.74, 6) is 2.03. The topological polar surface area (TPSA) is 47.4 Å². The van der Waals surface area contributed by atoms with Crippen LogP contribution < -0.4 is 4.74 Å². The molecule has 0 unspecified atom stereocenters. The van der Waals surface area contributed by atoms with Gasteiger partial charge >= 0.3 is 0 Å². The number of Topliss-reactive ketones (excluding diaryl/α,β-unsaturated/α-hetero) is 1. The lowest BCUT2D eigenvalue weighted by atomic mass is 9.89. The molecule has 2 aliphatic heterocycles. The number of carbonyl (C=O) groups is 1. The average molecular weight is 325 g/mol. The predicted octanol–water partition coefficient (Wildman–Crippen LogP) is 2.69. The fraction of sp³-hybridized carbons (Fsp3) is 0.474.